The van der Waals surface area contributed by atoms with Crippen LogP contribution in [0.4, 0.5) is 0 Å². The fourth-order valence-electron chi connectivity index (χ4n) is 2.11. The van der Waals surface area contributed by atoms with E-state index in [-0.39, 0.29) is 6.04 Å². The summed E-state index contributed by atoms with van der Waals surface area (Å²) < 4.78 is 4.06. The maximum absolute atomic E-state index is 5.68. The molecule has 0 saturated heterocycles. The van der Waals surface area contributed by atoms with Gasteiger partial charge in [-0.05, 0) is 29.8 Å². The molecular weight excluding hydrogens is 232 g/mol. The number of hydrogen-bond acceptors (Lipinski definition) is 5. The maximum Gasteiger partial charge on any atom is 0.0829 e. The molecule has 0 aliphatic carbocycles. The van der Waals surface area contributed by atoms with Crippen LogP contribution in [0.25, 0.3) is 0 Å². The quantitative estimate of drug-likeness (QED) is 0.581. The minimum atomic E-state index is 0.189. The Kier molecular flexibility index (Phi) is 6.02. The molecule has 2 atom stereocenters. The van der Waals surface area contributed by atoms with E-state index < -0.39 is 0 Å². The number of aromatic nitrogens is 2. The second kappa shape index (κ2) is 7.03. The molecule has 4 nitrogen and oxygen atoms in total. The molecule has 0 aliphatic heterocycles. The zero-order valence-corrected chi connectivity index (χ0v) is 12.0. The van der Waals surface area contributed by atoms with Gasteiger partial charge in [0.25, 0.3) is 0 Å². The van der Waals surface area contributed by atoms with Crippen LogP contribution in [0.1, 0.15) is 69.5 Å². The summed E-state index contributed by atoms with van der Waals surface area (Å²) in [5.74, 6) is 6.75. The molecule has 0 amide bonds. The lowest BCUT2D eigenvalue weighted by molar-refractivity contribution is 0.396. The summed E-state index contributed by atoms with van der Waals surface area (Å²) in [6.45, 7) is 8.78. The van der Waals surface area contributed by atoms with Gasteiger partial charge in [-0.15, -0.1) is 5.10 Å². The van der Waals surface area contributed by atoms with E-state index in [4.69, 9.17) is 5.84 Å². The molecule has 1 rings (SSSR count). The number of nitrogens with two attached hydrogens (primary N) is 1. The van der Waals surface area contributed by atoms with Gasteiger partial charge in [0.1, 0.15) is 0 Å². The predicted octanol–water partition coefficient (Wildman–Crippen LogP) is 2.99. The van der Waals surface area contributed by atoms with Gasteiger partial charge in [-0.1, -0.05) is 45.0 Å². The average Bonchev–Trinajstić information content (AvgIpc) is 2.75. The lowest BCUT2D eigenvalue weighted by Gasteiger charge is -2.20. The highest BCUT2D eigenvalue weighted by molar-refractivity contribution is 7.05. The van der Waals surface area contributed by atoms with Crippen molar-refractivity contribution in [2.24, 2.45) is 11.8 Å². The van der Waals surface area contributed by atoms with E-state index in [9.17, 15) is 0 Å². The first-order chi connectivity index (χ1) is 8.10. The van der Waals surface area contributed by atoms with Crippen LogP contribution in [0.2, 0.25) is 0 Å². The van der Waals surface area contributed by atoms with Crippen LogP contribution in [0.15, 0.2) is 0 Å². The van der Waals surface area contributed by atoms with Crippen LogP contribution in [-0.2, 0) is 0 Å². The first-order valence-corrected chi connectivity index (χ1v) is 7.15. The fraction of sp³-hybridized carbons (Fsp3) is 0.833. The third kappa shape index (κ3) is 4.01. The molecule has 0 radical (unpaired) electrons. The Balaban J connectivity index is 2.75. The predicted molar refractivity (Wildman–Crippen MR) is 72.8 cm³/mol. The van der Waals surface area contributed by atoms with Gasteiger partial charge in [0.05, 0.1) is 16.6 Å². The first kappa shape index (κ1) is 14.5. The van der Waals surface area contributed by atoms with E-state index >= 15 is 0 Å². The van der Waals surface area contributed by atoms with E-state index in [1.54, 1.807) is 0 Å². The van der Waals surface area contributed by atoms with Crippen LogP contribution in [0.5, 0.6) is 0 Å². The van der Waals surface area contributed by atoms with Crippen molar-refractivity contribution in [3.8, 4) is 0 Å². The molecule has 2 unspecified atom stereocenters. The molecule has 98 valence electrons. The molecule has 0 spiro atoms. The topological polar surface area (TPSA) is 63.8 Å². The zero-order valence-electron chi connectivity index (χ0n) is 11.2. The van der Waals surface area contributed by atoms with Crippen LogP contribution in [-0.4, -0.2) is 9.59 Å². The van der Waals surface area contributed by atoms with Gasteiger partial charge in [0, 0.05) is 0 Å². The van der Waals surface area contributed by atoms with E-state index in [1.807, 2.05) is 0 Å². The van der Waals surface area contributed by atoms with Crippen LogP contribution in [0, 0.1) is 5.92 Å². The van der Waals surface area contributed by atoms with Gasteiger partial charge in [0.2, 0.25) is 0 Å². The molecule has 0 bridgehead atoms. The molecule has 3 N–H and O–H groups in total. The molecule has 0 fully saturated rings. The summed E-state index contributed by atoms with van der Waals surface area (Å²) in [5, 5.41) is 4.21. The van der Waals surface area contributed by atoms with Gasteiger partial charge >= 0.3 is 0 Å². The SMILES string of the molecule is CCCC(C)CC(NN)c1snnc1C(C)C. The molecule has 0 aliphatic rings. The summed E-state index contributed by atoms with van der Waals surface area (Å²) >= 11 is 1.47. The zero-order chi connectivity index (χ0) is 12.8. The second-order valence-electron chi connectivity index (χ2n) is 5.03. The Hall–Kier alpha value is -0.520. The number of rotatable bonds is 7. The van der Waals surface area contributed by atoms with Crippen molar-refractivity contribution in [1.82, 2.24) is 15.0 Å². The van der Waals surface area contributed by atoms with Crippen LogP contribution >= 0.6 is 11.5 Å². The molecule has 0 saturated carbocycles. The number of hydrazine groups is 1. The van der Waals surface area contributed by atoms with Gasteiger partial charge in [-0.2, -0.15) is 0 Å². The molecule has 0 aromatic carbocycles. The minimum Gasteiger partial charge on any atom is -0.271 e. The van der Waals surface area contributed by atoms with Gasteiger partial charge < -0.3 is 0 Å². The highest BCUT2D eigenvalue weighted by atomic mass is 32.1. The fourth-order valence-corrected chi connectivity index (χ4v) is 2.99. The number of hydrogen-bond donors (Lipinski definition) is 2. The maximum atomic E-state index is 5.68. The molecule has 17 heavy (non-hydrogen) atoms. The Morgan fingerprint density at radius 2 is 2.06 bits per heavy atom. The van der Waals surface area contributed by atoms with Gasteiger partial charge in [-0.3, -0.25) is 11.3 Å². The van der Waals surface area contributed by atoms with E-state index in [0.29, 0.717) is 11.8 Å². The second-order valence-corrected chi connectivity index (χ2v) is 5.81. The van der Waals surface area contributed by atoms with Crippen molar-refractivity contribution in [2.45, 2.75) is 58.9 Å². The summed E-state index contributed by atoms with van der Waals surface area (Å²) in [6, 6.07) is 0.189. The van der Waals surface area contributed by atoms with Crippen molar-refractivity contribution >= 4 is 11.5 Å². The third-order valence-electron chi connectivity index (χ3n) is 3.02. The highest BCUT2D eigenvalue weighted by Gasteiger charge is 2.21. The smallest absolute Gasteiger partial charge is 0.0829 e. The van der Waals surface area contributed by atoms with E-state index in [0.717, 1.165) is 12.1 Å². The van der Waals surface area contributed by atoms with Crippen molar-refractivity contribution in [1.29, 1.82) is 0 Å². The Morgan fingerprint density at radius 1 is 1.35 bits per heavy atom. The summed E-state index contributed by atoms with van der Waals surface area (Å²) in [7, 11) is 0. The van der Waals surface area contributed by atoms with Crippen LogP contribution < -0.4 is 11.3 Å². The summed E-state index contributed by atoms with van der Waals surface area (Å²) in [6.07, 6.45) is 3.51. The largest absolute Gasteiger partial charge is 0.271 e. The number of nitrogens with one attached hydrogen (secondary N) is 1. The monoisotopic (exact) mass is 256 g/mol. The van der Waals surface area contributed by atoms with Gasteiger partial charge in [0.15, 0.2) is 0 Å². The Bertz CT molecular complexity index is 324. The van der Waals surface area contributed by atoms with E-state index in [2.05, 4.69) is 42.7 Å². The highest BCUT2D eigenvalue weighted by Crippen LogP contribution is 2.30. The lowest BCUT2D eigenvalue weighted by atomic mass is 9.95. The molecule has 1 aromatic heterocycles. The van der Waals surface area contributed by atoms with Crippen molar-refractivity contribution in [2.75, 3.05) is 0 Å². The van der Waals surface area contributed by atoms with Crippen LogP contribution in [0.3, 0.4) is 0 Å². The Morgan fingerprint density at radius 3 is 2.59 bits per heavy atom. The van der Waals surface area contributed by atoms with Crippen molar-refractivity contribution < 1.29 is 0 Å². The first-order valence-electron chi connectivity index (χ1n) is 6.38. The minimum absolute atomic E-state index is 0.189. The third-order valence-corrected chi connectivity index (χ3v) is 3.88. The van der Waals surface area contributed by atoms with Crippen molar-refractivity contribution in [3.05, 3.63) is 10.6 Å². The molecule has 1 aromatic rings. The number of nitrogens with zero attached hydrogens (tertiary/aromatic N) is 2. The van der Waals surface area contributed by atoms with Gasteiger partial charge in [-0.25, -0.2) is 0 Å². The molecule has 5 heteroatoms. The molecular formula is C12H24N4S. The molecule has 1 heterocycles. The average molecular weight is 256 g/mol. The lowest BCUT2D eigenvalue weighted by Crippen LogP contribution is -2.29. The Labute approximate surface area is 108 Å². The summed E-state index contributed by atoms with van der Waals surface area (Å²) in [5.41, 5.74) is 4.00. The summed E-state index contributed by atoms with van der Waals surface area (Å²) in [4.78, 5) is 1.20. The normalized spacial score (nSPS) is 15.2. The van der Waals surface area contributed by atoms with Crippen molar-refractivity contribution in [3.63, 3.8) is 0 Å². The standard InChI is InChI=1S/C12H24N4S/c1-5-6-9(4)7-10(14-13)12-11(8(2)3)15-16-17-12/h8-10,14H,5-7,13H2,1-4H3. The van der Waals surface area contributed by atoms with E-state index in [1.165, 1.54) is 29.3 Å².